The molecule has 1 aromatic heterocycles. The molecular weight excluding hydrogens is 252 g/mol. The molecule has 0 bridgehead atoms. The average molecular weight is 267 g/mol. The van der Waals surface area contributed by atoms with Crippen molar-refractivity contribution in [2.45, 2.75) is 26.2 Å². The second-order valence-electron chi connectivity index (χ2n) is 4.64. The summed E-state index contributed by atoms with van der Waals surface area (Å²) < 4.78 is 10.8. The maximum Gasteiger partial charge on any atom is 0.319 e. The molecule has 0 unspecified atom stereocenters. The number of fused-ring (bicyclic) bond motifs is 1. The highest BCUT2D eigenvalue weighted by Crippen LogP contribution is 2.31. The van der Waals surface area contributed by atoms with Crippen molar-refractivity contribution in [2.75, 3.05) is 6.61 Å². The van der Waals surface area contributed by atoms with Crippen LogP contribution in [0.4, 0.5) is 0 Å². The molecule has 1 aromatic carbocycles. The van der Waals surface area contributed by atoms with Crippen LogP contribution in [0.3, 0.4) is 0 Å². The van der Waals surface area contributed by atoms with Crippen molar-refractivity contribution in [3.05, 3.63) is 35.0 Å². The number of ether oxygens (including phenoxy) is 1. The molecule has 0 atom stereocenters. The largest absolute Gasteiger partial charge is 0.465 e. The summed E-state index contributed by atoms with van der Waals surface area (Å²) in [7, 11) is 0. The second kappa shape index (κ2) is 4.65. The normalized spacial score (nSPS) is 11.8. The molecule has 0 aliphatic heterocycles. The number of carbonyl (C=O) groups excluding carboxylic acids is 1. The van der Waals surface area contributed by atoms with Gasteiger partial charge in [-0.25, -0.2) is 0 Å². The van der Waals surface area contributed by atoms with Gasteiger partial charge in [0.1, 0.15) is 16.8 Å². The first-order chi connectivity index (χ1) is 8.45. The van der Waals surface area contributed by atoms with Gasteiger partial charge >= 0.3 is 5.97 Å². The van der Waals surface area contributed by atoms with E-state index in [0.717, 1.165) is 5.39 Å². The molecule has 0 N–H and O–H groups in total. The first-order valence-electron chi connectivity index (χ1n) is 5.82. The topological polar surface area (TPSA) is 39.4 Å². The number of halogens is 1. The smallest absolute Gasteiger partial charge is 0.319 e. The molecule has 0 aliphatic rings. The standard InChI is InChI=1S/C14H15ClO3/c1-4-17-13(16)14(2,3)12-8-9-7-10(15)5-6-11(9)18-12/h5-8H,4H2,1-3H3. The maximum absolute atomic E-state index is 11.9. The summed E-state index contributed by atoms with van der Waals surface area (Å²) >= 11 is 5.92. The van der Waals surface area contributed by atoms with Crippen LogP contribution >= 0.6 is 11.6 Å². The lowest BCUT2D eigenvalue weighted by Gasteiger charge is -2.19. The Balaban J connectivity index is 2.44. The minimum absolute atomic E-state index is 0.296. The van der Waals surface area contributed by atoms with E-state index < -0.39 is 5.41 Å². The van der Waals surface area contributed by atoms with E-state index in [1.165, 1.54) is 0 Å². The predicted octanol–water partition coefficient (Wildman–Crippen LogP) is 3.93. The number of furan rings is 1. The Morgan fingerprint density at radius 2 is 2.11 bits per heavy atom. The van der Waals surface area contributed by atoms with Crippen LogP contribution in [0, 0.1) is 0 Å². The van der Waals surface area contributed by atoms with Gasteiger partial charge in [-0.05, 0) is 45.0 Å². The van der Waals surface area contributed by atoms with Crippen molar-refractivity contribution >= 4 is 28.5 Å². The fraction of sp³-hybridized carbons (Fsp3) is 0.357. The van der Waals surface area contributed by atoms with E-state index in [1.807, 2.05) is 12.1 Å². The number of rotatable bonds is 3. The van der Waals surface area contributed by atoms with Crippen LogP contribution in [0.1, 0.15) is 26.5 Å². The lowest BCUT2D eigenvalue weighted by atomic mass is 9.90. The van der Waals surface area contributed by atoms with E-state index in [0.29, 0.717) is 23.0 Å². The van der Waals surface area contributed by atoms with Crippen molar-refractivity contribution in [3.8, 4) is 0 Å². The number of hydrogen-bond donors (Lipinski definition) is 0. The molecule has 2 rings (SSSR count). The van der Waals surface area contributed by atoms with Crippen LogP contribution in [-0.2, 0) is 14.9 Å². The Hall–Kier alpha value is -1.48. The van der Waals surface area contributed by atoms with Gasteiger partial charge in [-0.2, -0.15) is 0 Å². The Morgan fingerprint density at radius 3 is 2.78 bits per heavy atom. The van der Waals surface area contributed by atoms with Crippen molar-refractivity contribution in [1.29, 1.82) is 0 Å². The van der Waals surface area contributed by atoms with Crippen LogP contribution in [0.2, 0.25) is 5.02 Å². The third-order valence-electron chi connectivity index (χ3n) is 2.88. The molecule has 1 heterocycles. The summed E-state index contributed by atoms with van der Waals surface area (Å²) in [5.74, 6) is 0.286. The molecule has 0 spiro atoms. The summed E-state index contributed by atoms with van der Waals surface area (Å²) in [6.45, 7) is 5.70. The monoisotopic (exact) mass is 266 g/mol. The van der Waals surface area contributed by atoms with Gasteiger partial charge in [-0.3, -0.25) is 4.79 Å². The predicted molar refractivity (Wildman–Crippen MR) is 70.9 cm³/mol. The minimum atomic E-state index is -0.804. The number of carbonyl (C=O) groups is 1. The molecule has 3 nitrogen and oxygen atoms in total. The van der Waals surface area contributed by atoms with Crippen LogP contribution in [0.5, 0.6) is 0 Å². The summed E-state index contributed by atoms with van der Waals surface area (Å²) in [5.41, 5.74) is -0.0895. The van der Waals surface area contributed by atoms with Gasteiger partial charge in [0, 0.05) is 10.4 Å². The number of benzene rings is 1. The van der Waals surface area contributed by atoms with Crippen molar-refractivity contribution in [3.63, 3.8) is 0 Å². The van der Waals surface area contributed by atoms with E-state index in [-0.39, 0.29) is 5.97 Å². The van der Waals surface area contributed by atoms with Gasteiger partial charge in [0.25, 0.3) is 0 Å². The van der Waals surface area contributed by atoms with Gasteiger partial charge in [-0.1, -0.05) is 11.6 Å². The van der Waals surface area contributed by atoms with E-state index >= 15 is 0 Å². The number of hydrogen-bond acceptors (Lipinski definition) is 3. The average Bonchev–Trinajstić information content (AvgIpc) is 2.72. The van der Waals surface area contributed by atoms with Gasteiger partial charge < -0.3 is 9.15 Å². The van der Waals surface area contributed by atoms with E-state index in [2.05, 4.69) is 0 Å². The first-order valence-corrected chi connectivity index (χ1v) is 6.19. The molecule has 2 aromatic rings. The zero-order valence-electron chi connectivity index (χ0n) is 10.6. The Morgan fingerprint density at radius 1 is 1.39 bits per heavy atom. The molecule has 96 valence electrons. The number of esters is 1. The van der Waals surface area contributed by atoms with Gasteiger partial charge in [-0.15, -0.1) is 0 Å². The van der Waals surface area contributed by atoms with E-state index in [4.69, 9.17) is 20.8 Å². The third kappa shape index (κ3) is 2.23. The van der Waals surface area contributed by atoms with Gasteiger partial charge in [0.15, 0.2) is 0 Å². The first kappa shape index (κ1) is 13.0. The van der Waals surface area contributed by atoms with Crippen molar-refractivity contribution in [2.24, 2.45) is 0 Å². The Bertz CT molecular complexity index is 584. The summed E-state index contributed by atoms with van der Waals surface area (Å²) in [6, 6.07) is 7.19. The Kier molecular flexibility index (Phi) is 3.35. The SMILES string of the molecule is CCOC(=O)C(C)(C)c1cc2cc(Cl)ccc2o1. The third-order valence-corrected chi connectivity index (χ3v) is 3.12. The van der Waals surface area contributed by atoms with Crippen LogP contribution in [-0.4, -0.2) is 12.6 Å². The van der Waals surface area contributed by atoms with E-state index in [9.17, 15) is 4.79 Å². The van der Waals surface area contributed by atoms with Gasteiger partial charge in [0.05, 0.1) is 6.61 Å². The zero-order valence-corrected chi connectivity index (χ0v) is 11.4. The summed E-state index contributed by atoms with van der Waals surface area (Å²) in [4.78, 5) is 11.9. The zero-order chi connectivity index (χ0) is 13.3. The maximum atomic E-state index is 11.9. The summed E-state index contributed by atoms with van der Waals surface area (Å²) in [5, 5.41) is 1.53. The highest BCUT2D eigenvalue weighted by molar-refractivity contribution is 6.31. The van der Waals surface area contributed by atoms with Gasteiger partial charge in [0.2, 0.25) is 0 Å². The second-order valence-corrected chi connectivity index (χ2v) is 5.07. The minimum Gasteiger partial charge on any atom is -0.465 e. The molecule has 18 heavy (non-hydrogen) atoms. The molecule has 0 amide bonds. The molecule has 0 fully saturated rings. The van der Waals surface area contributed by atoms with Crippen LogP contribution in [0.25, 0.3) is 11.0 Å². The quantitative estimate of drug-likeness (QED) is 0.790. The fourth-order valence-electron chi connectivity index (χ4n) is 1.73. The highest BCUT2D eigenvalue weighted by atomic mass is 35.5. The molecule has 0 aliphatic carbocycles. The molecule has 0 saturated heterocycles. The molecule has 0 saturated carbocycles. The molecule has 0 radical (unpaired) electrons. The van der Waals surface area contributed by atoms with Crippen LogP contribution < -0.4 is 0 Å². The fourth-order valence-corrected chi connectivity index (χ4v) is 1.91. The van der Waals surface area contributed by atoms with Crippen molar-refractivity contribution in [1.82, 2.24) is 0 Å². The lowest BCUT2D eigenvalue weighted by Crippen LogP contribution is -2.30. The molecular formula is C14H15ClO3. The highest BCUT2D eigenvalue weighted by Gasteiger charge is 2.34. The van der Waals surface area contributed by atoms with E-state index in [1.54, 1.807) is 32.9 Å². The van der Waals surface area contributed by atoms with Crippen molar-refractivity contribution < 1.29 is 13.9 Å². The lowest BCUT2D eigenvalue weighted by molar-refractivity contribution is -0.149. The van der Waals surface area contributed by atoms with Crippen LogP contribution in [0.15, 0.2) is 28.7 Å². The summed E-state index contributed by atoms with van der Waals surface area (Å²) in [6.07, 6.45) is 0. The molecule has 4 heteroatoms. The Labute approximate surface area is 111 Å².